The first-order chi connectivity index (χ1) is 6.25. The molecule has 1 unspecified atom stereocenters. The fourth-order valence-electron chi connectivity index (χ4n) is 1.22. The van der Waals surface area contributed by atoms with E-state index in [4.69, 9.17) is 20.4 Å². The molecule has 0 saturated carbocycles. The summed E-state index contributed by atoms with van der Waals surface area (Å²) in [6, 6.07) is 0. The van der Waals surface area contributed by atoms with Crippen LogP contribution in [0.15, 0.2) is 0 Å². The average molecular weight is 218 g/mol. The maximum atomic E-state index is 12.2. The van der Waals surface area contributed by atoms with E-state index in [1.54, 1.807) is 0 Å². The van der Waals surface area contributed by atoms with E-state index >= 15 is 0 Å². The number of aliphatic hydroxyl groups is 4. The van der Waals surface area contributed by atoms with Crippen molar-refractivity contribution >= 4 is 0 Å². The topological polar surface area (TPSA) is 90.2 Å². The zero-order valence-electron chi connectivity index (χ0n) is 6.77. The number of halogens is 3. The highest BCUT2D eigenvalue weighted by Gasteiger charge is 2.69. The summed E-state index contributed by atoms with van der Waals surface area (Å²) in [7, 11) is 0. The number of alkyl halides is 3. The molecule has 1 fully saturated rings. The molecule has 4 N–H and O–H groups in total. The van der Waals surface area contributed by atoms with Crippen molar-refractivity contribution in [2.75, 3.05) is 6.61 Å². The van der Waals surface area contributed by atoms with Gasteiger partial charge in [0.2, 0.25) is 5.60 Å². The smallest absolute Gasteiger partial charge is 0.394 e. The minimum absolute atomic E-state index is 0.934. The van der Waals surface area contributed by atoms with Crippen LogP contribution in [0.25, 0.3) is 0 Å². The molecule has 8 heteroatoms. The summed E-state index contributed by atoms with van der Waals surface area (Å²) in [5.74, 6) is 0. The monoisotopic (exact) mass is 218 g/mol. The van der Waals surface area contributed by atoms with E-state index in [2.05, 4.69) is 4.74 Å². The van der Waals surface area contributed by atoms with Crippen LogP contribution in [-0.2, 0) is 4.74 Å². The lowest BCUT2D eigenvalue weighted by Crippen LogP contribution is -2.59. The van der Waals surface area contributed by atoms with Crippen molar-refractivity contribution in [3.8, 4) is 0 Å². The molecule has 0 aromatic rings. The highest BCUT2D eigenvalue weighted by Crippen LogP contribution is 2.42. The Morgan fingerprint density at radius 3 is 2.00 bits per heavy atom. The molecule has 0 bridgehead atoms. The molecule has 1 saturated heterocycles. The van der Waals surface area contributed by atoms with Gasteiger partial charge in [0.1, 0.15) is 12.2 Å². The lowest BCUT2D eigenvalue weighted by atomic mass is 9.95. The minimum atomic E-state index is -5.24. The quantitative estimate of drug-likeness (QED) is 0.423. The number of ether oxygens (including phenoxy) is 1. The Morgan fingerprint density at radius 2 is 1.79 bits per heavy atom. The third-order valence-electron chi connectivity index (χ3n) is 2.12. The van der Waals surface area contributed by atoms with Crippen molar-refractivity contribution in [2.45, 2.75) is 30.3 Å². The molecule has 1 aliphatic rings. The Labute approximate surface area is 76.3 Å². The van der Waals surface area contributed by atoms with Crippen molar-refractivity contribution in [3.05, 3.63) is 0 Å². The highest BCUT2D eigenvalue weighted by atomic mass is 19.4. The van der Waals surface area contributed by atoms with Gasteiger partial charge in [0, 0.05) is 0 Å². The summed E-state index contributed by atoms with van der Waals surface area (Å²) in [6.07, 6.45) is -11.9. The summed E-state index contributed by atoms with van der Waals surface area (Å²) < 4.78 is 40.8. The van der Waals surface area contributed by atoms with Gasteiger partial charge in [0.05, 0.1) is 6.61 Å². The second-order valence-corrected chi connectivity index (χ2v) is 2.98. The lowest BCUT2D eigenvalue weighted by molar-refractivity contribution is -0.322. The summed E-state index contributed by atoms with van der Waals surface area (Å²) in [5, 5.41) is 35.3. The number of aliphatic hydroxyl groups excluding tert-OH is 3. The van der Waals surface area contributed by atoms with Crippen molar-refractivity contribution in [3.63, 3.8) is 0 Å². The fraction of sp³-hybridized carbons (Fsp3) is 1.00. The van der Waals surface area contributed by atoms with Crippen molar-refractivity contribution in [1.29, 1.82) is 0 Å². The molecule has 14 heavy (non-hydrogen) atoms. The van der Waals surface area contributed by atoms with Gasteiger partial charge in [-0.2, -0.15) is 13.2 Å². The van der Waals surface area contributed by atoms with Crippen molar-refractivity contribution in [1.82, 2.24) is 0 Å². The normalized spacial score (nSPS) is 44.4. The van der Waals surface area contributed by atoms with Crippen LogP contribution in [0.1, 0.15) is 0 Å². The molecular weight excluding hydrogens is 209 g/mol. The third-order valence-corrected chi connectivity index (χ3v) is 2.12. The molecule has 1 aliphatic heterocycles. The Kier molecular flexibility index (Phi) is 2.76. The first kappa shape index (κ1) is 11.7. The van der Waals surface area contributed by atoms with Gasteiger partial charge in [0.25, 0.3) is 0 Å². The number of hydrogen-bond donors (Lipinski definition) is 4. The predicted molar refractivity (Wildman–Crippen MR) is 35.0 cm³/mol. The van der Waals surface area contributed by atoms with Gasteiger partial charge < -0.3 is 25.2 Å². The predicted octanol–water partition coefficient (Wildman–Crippen LogP) is -1.65. The summed E-state index contributed by atoms with van der Waals surface area (Å²) in [4.78, 5) is 0. The van der Waals surface area contributed by atoms with Gasteiger partial charge in [-0.05, 0) is 0 Å². The van der Waals surface area contributed by atoms with E-state index in [1.807, 2.05) is 0 Å². The van der Waals surface area contributed by atoms with Crippen molar-refractivity contribution in [2.24, 2.45) is 0 Å². The van der Waals surface area contributed by atoms with Gasteiger partial charge in [-0.25, -0.2) is 0 Å². The first-order valence-corrected chi connectivity index (χ1v) is 3.66. The van der Waals surface area contributed by atoms with Crippen LogP contribution in [-0.4, -0.2) is 57.3 Å². The van der Waals surface area contributed by atoms with E-state index in [-0.39, 0.29) is 0 Å². The maximum Gasteiger partial charge on any atom is 0.424 e. The molecule has 0 spiro atoms. The zero-order chi connectivity index (χ0) is 11.1. The van der Waals surface area contributed by atoms with Crippen LogP contribution >= 0.6 is 0 Å². The summed E-state index contributed by atoms with van der Waals surface area (Å²) in [6.45, 7) is -0.934. The van der Waals surface area contributed by atoms with Crippen molar-refractivity contribution < 1.29 is 38.3 Å². The standard InChI is InChI=1S/C6H9F3O5/c7-6(8,9)5(13)3(11)2(1-10)14-4(5)12/h2-4,10-13H,1H2/t2-,3-,4?,5+/m1/s1. The Balaban J connectivity index is 2.99. The molecule has 0 amide bonds. The molecule has 0 aliphatic carbocycles. The molecule has 0 aromatic carbocycles. The summed E-state index contributed by atoms with van der Waals surface area (Å²) in [5.41, 5.74) is -3.75. The van der Waals surface area contributed by atoms with Gasteiger partial charge in [-0.3, -0.25) is 0 Å². The Bertz CT molecular complexity index is 220. The third kappa shape index (κ3) is 1.39. The van der Waals surface area contributed by atoms with Gasteiger partial charge in [-0.1, -0.05) is 0 Å². The lowest BCUT2D eigenvalue weighted by Gasteiger charge is -2.30. The van der Waals surface area contributed by atoms with Gasteiger partial charge >= 0.3 is 6.18 Å². The van der Waals surface area contributed by atoms with E-state index in [0.717, 1.165) is 0 Å². The second-order valence-electron chi connectivity index (χ2n) is 2.98. The van der Waals surface area contributed by atoms with Crippen LogP contribution in [0.5, 0.6) is 0 Å². The molecule has 1 heterocycles. The summed E-state index contributed by atoms with van der Waals surface area (Å²) >= 11 is 0. The fourth-order valence-corrected chi connectivity index (χ4v) is 1.22. The van der Waals surface area contributed by atoms with E-state index < -0.39 is 36.9 Å². The maximum absolute atomic E-state index is 12.2. The second kappa shape index (κ2) is 3.31. The molecule has 5 nitrogen and oxygen atoms in total. The van der Waals surface area contributed by atoms with Gasteiger partial charge in [0.15, 0.2) is 6.29 Å². The van der Waals surface area contributed by atoms with E-state index in [9.17, 15) is 13.2 Å². The van der Waals surface area contributed by atoms with E-state index in [1.165, 1.54) is 0 Å². The largest absolute Gasteiger partial charge is 0.424 e. The van der Waals surface area contributed by atoms with Crippen LogP contribution in [0.3, 0.4) is 0 Å². The average Bonchev–Trinajstić information content (AvgIpc) is 2.29. The zero-order valence-corrected chi connectivity index (χ0v) is 6.77. The van der Waals surface area contributed by atoms with Crippen LogP contribution < -0.4 is 0 Å². The van der Waals surface area contributed by atoms with Crippen LogP contribution in [0.2, 0.25) is 0 Å². The number of hydrogen-bond acceptors (Lipinski definition) is 5. The Hall–Kier alpha value is -0.410. The molecule has 84 valence electrons. The SMILES string of the molecule is OC[C@H]1OC(O)[C@](O)(C(F)(F)F)[C@@H]1O. The molecular formula is C6H9F3O5. The molecule has 4 atom stereocenters. The Morgan fingerprint density at radius 1 is 1.29 bits per heavy atom. The number of rotatable bonds is 1. The van der Waals surface area contributed by atoms with Crippen LogP contribution in [0.4, 0.5) is 13.2 Å². The van der Waals surface area contributed by atoms with Crippen LogP contribution in [0, 0.1) is 0 Å². The molecule has 1 rings (SSSR count). The van der Waals surface area contributed by atoms with E-state index in [0.29, 0.717) is 0 Å². The first-order valence-electron chi connectivity index (χ1n) is 3.66. The van der Waals surface area contributed by atoms with Gasteiger partial charge in [-0.15, -0.1) is 0 Å². The highest BCUT2D eigenvalue weighted by molar-refractivity contribution is 5.04. The molecule has 0 radical (unpaired) electrons. The minimum Gasteiger partial charge on any atom is -0.394 e. The molecule has 0 aromatic heterocycles.